The quantitative estimate of drug-likeness (QED) is 0.608. The van der Waals surface area contributed by atoms with E-state index in [1.165, 1.54) is 51.4 Å². The number of hydrogen-bond donors (Lipinski definition) is 0. The van der Waals surface area contributed by atoms with Crippen LogP contribution in [0, 0.1) is 46.8 Å². The van der Waals surface area contributed by atoms with Gasteiger partial charge >= 0.3 is 0 Å². The maximum atomic E-state index is 13.1. The summed E-state index contributed by atoms with van der Waals surface area (Å²) in [4.78, 5) is 15.2. The van der Waals surface area contributed by atoms with Crippen LogP contribution in [0.2, 0.25) is 0 Å². The van der Waals surface area contributed by atoms with Crippen LogP contribution < -0.4 is 0 Å². The standard InChI is InChI=1S/C24H43NO/c1-7-9-18-17(8-2)10-11-20-19(18)12-13-24(4)21(20)14-16(3)23(24)22(26)15-25(5)6/h16-21,23H,7-15H2,1-6H3. The van der Waals surface area contributed by atoms with Gasteiger partial charge < -0.3 is 4.90 Å². The lowest BCUT2D eigenvalue weighted by Crippen LogP contribution is -2.49. The van der Waals surface area contributed by atoms with E-state index < -0.39 is 0 Å². The number of carbonyl (C=O) groups is 1. The number of carbonyl (C=O) groups excluding carboxylic acids is 1. The summed E-state index contributed by atoms with van der Waals surface area (Å²) < 4.78 is 0. The van der Waals surface area contributed by atoms with Gasteiger partial charge in [0.05, 0.1) is 6.54 Å². The zero-order valence-electron chi connectivity index (χ0n) is 18.3. The predicted octanol–water partition coefficient (Wildman–Crippen LogP) is 5.66. The van der Waals surface area contributed by atoms with Crippen LogP contribution in [0.15, 0.2) is 0 Å². The molecule has 2 nitrogen and oxygen atoms in total. The largest absolute Gasteiger partial charge is 0.302 e. The summed E-state index contributed by atoms with van der Waals surface area (Å²) in [6, 6.07) is 0. The summed E-state index contributed by atoms with van der Waals surface area (Å²) in [6.45, 7) is 10.3. The zero-order valence-corrected chi connectivity index (χ0v) is 18.3. The van der Waals surface area contributed by atoms with Crippen LogP contribution in [-0.4, -0.2) is 31.3 Å². The Hall–Kier alpha value is -0.370. The normalized spacial score (nSPS) is 45.4. The molecular formula is C24H43NO. The average molecular weight is 362 g/mol. The molecule has 26 heavy (non-hydrogen) atoms. The van der Waals surface area contributed by atoms with Crippen LogP contribution in [0.25, 0.3) is 0 Å². The van der Waals surface area contributed by atoms with Gasteiger partial charge in [0.2, 0.25) is 0 Å². The molecule has 3 aliphatic rings. The molecule has 0 amide bonds. The molecular weight excluding hydrogens is 318 g/mol. The average Bonchev–Trinajstić information content (AvgIpc) is 2.85. The van der Waals surface area contributed by atoms with Crippen molar-refractivity contribution in [3.8, 4) is 0 Å². The van der Waals surface area contributed by atoms with Crippen molar-refractivity contribution in [2.45, 2.75) is 79.1 Å². The first-order valence-corrected chi connectivity index (χ1v) is 11.5. The Morgan fingerprint density at radius 3 is 2.46 bits per heavy atom. The molecule has 0 aromatic heterocycles. The number of likely N-dealkylation sites (N-methyl/N-ethyl adjacent to an activating group) is 1. The molecule has 3 aliphatic carbocycles. The molecule has 8 atom stereocenters. The minimum absolute atomic E-state index is 0.267. The molecule has 3 fully saturated rings. The lowest BCUT2D eigenvalue weighted by Gasteiger charge is -2.54. The first-order valence-electron chi connectivity index (χ1n) is 11.5. The summed E-state index contributed by atoms with van der Waals surface area (Å²) in [5.74, 6) is 5.94. The topological polar surface area (TPSA) is 20.3 Å². The van der Waals surface area contributed by atoms with Crippen LogP contribution >= 0.6 is 0 Å². The lowest BCUT2D eigenvalue weighted by molar-refractivity contribution is -0.131. The number of fused-ring (bicyclic) bond motifs is 3. The van der Waals surface area contributed by atoms with Crippen molar-refractivity contribution < 1.29 is 4.79 Å². The van der Waals surface area contributed by atoms with Crippen molar-refractivity contribution in [2.24, 2.45) is 46.8 Å². The molecule has 150 valence electrons. The third kappa shape index (κ3) is 3.40. The van der Waals surface area contributed by atoms with Gasteiger partial charge in [-0.3, -0.25) is 4.79 Å². The Kier molecular flexibility index (Phi) is 6.22. The van der Waals surface area contributed by atoms with Crippen LogP contribution in [0.3, 0.4) is 0 Å². The monoisotopic (exact) mass is 361 g/mol. The van der Waals surface area contributed by atoms with Gasteiger partial charge in [0.15, 0.2) is 5.78 Å². The highest BCUT2D eigenvalue weighted by atomic mass is 16.1. The molecule has 2 heteroatoms. The molecule has 0 N–H and O–H groups in total. The fourth-order valence-electron chi connectivity index (χ4n) is 7.98. The maximum absolute atomic E-state index is 13.1. The molecule has 0 bridgehead atoms. The summed E-state index contributed by atoms with van der Waals surface area (Å²) in [7, 11) is 4.07. The Morgan fingerprint density at radius 1 is 1.12 bits per heavy atom. The highest BCUT2D eigenvalue weighted by Crippen LogP contribution is 2.65. The smallest absolute Gasteiger partial charge is 0.150 e. The molecule has 0 saturated heterocycles. The number of ketones is 1. The summed E-state index contributed by atoms with van der Waals surface area (Å²) in [6.07, 6.45) is 11.0. The highest BCUT2D eigenvalue weighted by Gasteiger charge is 2.59. The number of Topliss-reactive ketones (excluding diaryl/α,β-unsaturated/α-hetero) is 1. The van der Waals surface area contributed by atoms with E-state index in [0.717, 1.165) is 29.6 Å². The second-order valence-corrected chi connectivity index (χ2v) is 10.6. The third-order valence-electron chi connectivity index (χ3n) is 8.83. The molecule has 0 heterocycles. The first-order chi connectivity index (χ1) is 12.3. The Bertz CT molecular complexity index is 500. The summed E-state index contributed by atoms with van der Waals surface area (Å²) >= 11 is 0. The molecule has 0 aromatic rings. The van der Waals surface area contributed by atoms with Crippen LogP contribution in [-0.2, 0) is 4.79 Å². The molecule has 0 aromatic carbocycles. The van der Waals surface area contributed by atoms with Gasteiger partial charge in [-0.25, -0.2) is 0 Å². The van der Waals surface area contributed by atoms with Crippen molar-refractivity contribution >= 4 is 5.78 Å². The fourth-order valence-corrected chi connectivity index (χ4v) is 7.98. The number of nitrogens with zero attached hydrogens (tertiary/aromatic N) is 1. The lowest BCUT2D eigenvalue weighted by atomic mass is 9.50. The van der Waals surface area contributed by atoms with E-state index in [1.807, 2.05) is 14.1 Å². The minimum atomic E-state index is 0.267. The predicted molar refractivity (Wildman–Crippen MR) is 110 cm³/mol. The van der Waals surface area contributed by atoms with Gasteiger partial charge in [-0.2, -0.15) is 0 Å². The fraction of sp³-hybridized carbons (Fsp3) is 0.958. The third-order valence-corrected chi connectivity index (χ3v) is 8.83. The van der Waals surface area contributed by atoms with Crippen LogP contribution in [0.1, 0.15) is 79.1 Å². The van der Waals surface area contributed by atoms with E-state index in [-0.39, 0.29) is 5.41 Å². The molecule has 3 rings (SSSR count). The highest BCUT2D eigenvalue weighted by molar-refractivity contribution is 5.84. The zero-order chi connectivity index (χ0) is 19.1. The molecule has 0 aliphatic heterocycles. The second kappa shape index (κ2) is 7.94. The molecule has 3 saturated carbocycles. The molecule has 0 spiro atoms. The van der Waals surface area contributed by atoms with Crippen molar-refractivity contribution in [2.75, 3.05) is 20.6 Å². The Labute approximate surface area is 162 Å². The van der Waals surface area contributed by atoms with E-state index in [2.05, 4.69) is 32.6 Å². The number of rotatable bonds is 6. The van der Waals surface area contributed by atoms with E-state index in [4.69, 9.17) is 0 Å². The SMILES string of the molecule is CCCC1C(CC)CCC2C1CCC1(C)C2CC(C)C1C(=O)CN(C)C. The van der Waals surface area contributed by atoms with E-state index in [1.54, 1.807) is 0 Å². The Balaban J connectivity index is 1.83. The maximum Gasteiger partial charge on any atom is 0.150 e. The van der Waals surface area contributed by atoms with Crippen LogP contribution in [0.4, 0.5) is 0 Å². The van der Waals surface area contributed by atoms with E-state index in [9.17, 15) is 4.79 Å². The van der Waals surface area contributed by atoms with Crippen molar-refractivity contribution in [1.82, 2.24) is 4.90 Å². The van der Waals surface area contributed by atoms with Gasteiger partial charge in [-0.05, 0) is 87.1 Å². The minimum Gasteiger partial charge on any atom is -0.302 e. The van der Waals surface area contributed by atoms with Gasteiger partial charge in [-0.15, -0.1) is 0 Å². The van der Waals surface area contributed by atoms with Gasteiger partial charge in [0.25, 0.3) is 0 Å². The van der Waals surface area contributed by atoms with Crippen molar-refractivity contribution in [3.05, 3.63) is 0 Å². The van der Waals surface area contributed by atoms with Crippen LogP contribution in [0.5, 0.6) is 0 Å². The van der Waals surface area contributed by atoms with E-state index >= 15 is 0 Å². The molecule has 8 unspecified atom stereocenters. The second-order valence-electron chi connectivity index (χ2n) is 10.6. The van der Waals surface area contributed by atoms with Gasteiger partial charge in [-0.1, -0.05) is 47.0 Å². The van der Waals surface area contributed by atoms with Gasteiger partial charge in [0, 0.05) is 5.92 Å². The number of hydrogen-bond acceptors (Lipinski definition) is 2. The van der Waals surface area contributed by atoms with Gasteiger partial charge in [0.1, 0.15) is 0 Å². The Morgan fingerprint density at radius 2 is 1.85 bits per heavy atom. The van der Waals surface area contributed by atoms with Crippen molar-refractivity contribution in [1.29, 1.82) is 0 Å². The first kappa shape index (κ1) is 20.4. The van der Waals surface area contributed by atoms with Crippen molar-refractivity contribution in [3.63, 3.8) is 0 Å². The summed E-state index contributed by atoms with van der Waals surface area (Å²) in [5, 5.41) is 0. The summed E-state index contributed by atoms with van der Waals surface area (Å²) in [5.41, 5.74) is 0.267. The molecule has 0 radical (unpaired) electrons. The van der Waals surface area contributed by atoms with E-state index in [0.29, 0.717) is 24.2 Å².